The van der Waals surface area contributed by atoms with Gasteiger partial charge in [-0.3, -0.25) is 0 Å². The number of ether oxygens (including phenoxy) is 1. The van der Waals surface area contributed by atoms with Gasteiger partial charge in [0.1, 0.15) is 5.52 Å². The van der Waals surface area contributed by atoms with Gasteiger partial charge in [-0.1, -0.05) is 18.2 Å². The quantitative estimate of drug-likeness (QED) is 0.650. The molecule has 0 amide bonds. The van der Waals surface area contributed by atoms with E-state index in [4.69, 9.17) is 16.2 Å². The molecule has 2 aromatic heterocycles. The van der Waals surface area contributed by atoms with Crippen molar-refractivity contribution in [1.82, 2.24) is 14.5 Å². The van der Waals surface area contributed by atoms with Crippen LogP contribution in [0, 0.1) is 0 Å². The largest absolute Gasteiger partial charge is 0.382 e. The van der Waals surface area contributed by atoms with E-state index in [1.807, 2.05) is 31.5 Å². The molecule has 0 saturated heterocycles. The number of aromatic nitrogens is 3. The van der Waals surface area contributed by atoms with Gasteiger partial charge >= 0.3 is 0 Å². The number of hydrogen-bond donors (Lipinski definition) is 2. The maximum atomic E-state index is 6.10. The molecule has 0 fully saturated rings. The van der Waals surface area contributed by atoms with Crippen molar-refractivity contribution >= 4 is 52.6 Å². The number of pyridine rings is 1. The number of rotatable bonds is 7. The van der Waals surface area contributed by atoms with Gasteiger partial charge in [0.25, 0.3) is 0 Å². The van der Waals surface area contributed by atoms with Crippen molar-refractivity contribution in [2.45, 2.75) is 25.8 Å². The molecule has 4 N–H and O–H groups in total. The minimum Gasteiger partial charge on any atom is -0.382 e. The molecule has 6 nitrogen and oxygen atoms in total. The third kappa shape index (κ3) is 4.33. The molecule has 0 aliphatic heterocycles. The highest BCUT2D eigenvalue weighted by Gasteiger charge is 2.18. The molecule has 8 heteroatoms. The van der Waals surface area contributed by atoms with Crippen molar-refractivity contribution in [3.8, 4) is 0 Å². The standard InChI is InChI=1S/C17H23N5O.2ClH/c1-2-23-10-12(6-5-9-18)22-11-20-15-16(22)13-7-3-4-8-14(13)21-17(15)19;;/h3-4,7-8,11-12H,2,5-6,9-10,18H2,1H3,(H2,19,21);2*1H/t12-;;/m0../s1. The van der Waals surface area contributed by atoms with Gasteiger partial charge in [0, 0.05) is 12.0 Å². The van der Waals surface area contributed by atoms with Crippen LogP contribution in [0.2, 0.25) is 0 Å². The first-order valence-electron chi connectivity index (χ1n) is 8.04. The predicted molar refractivity (Wildman–Crippen MR) is 108 cm³/mol. The Balaban J connectivity index is 0.00000156. The van der Waals surface area contributed by atoms with E-state index in [1.165, 1.54) is 0 Å². The van der Waals surface area contributed by atoms with E-state index in [1.54, 1.807) is 0 Å². The number of hydrogen-bond acceptors (Lipinski definition) is 5. The highest BCUT2D eigenvalue weighted by Crippen LogP contribution is 2.30. The minimum atomic E-state index is 0. The molecule has 1 aromatic carbocycles. The van der Waals surface area contributed by atoms with Crippen molar-refractivity contribution in [2.24, 2.45) is 5.73 Å². The minimum absolute atomic E-state index is 0. The van der Waals surface area contributed by atoms with Crippen molar-refractivity contribution in [2.75, 3.05) is 25.5 Å². The summed E-state index contributed by atoms with van der Waals surface area (Å²) in [4.78, 5) is 8.95. The first kappa shape index (κ1) is 21.4. The molecule has 0 saturated carbocycles. The van der Waals surface area contributed by atoms with Crippen LogP contribution in [0.25, 0.3) is 21.9 Å². The molecular weight excluding hydrogens is 361 g/mol. The number of nitrogen functional groups attached to an aromatic ring is 1. The number of imidazole rings is 1. The molecule has 25 heavy (non-hydrogen) atoms. The van der Waals surface area contributed by atoms with Crippen LogP contribution in [-0.2, 0) is 4.74 Å². The monoisotopic (exact) mass is 385 g/mol. The smallest absolute Gasteiger partial charge is 0.152 e. The summed E-state index contributed by atoms with van der Waals surface area (Å²) in [5, 5.41) is 1.06. The fourth-order valence-electron chi connectivity index (χ4n) is 2.96. The summed E-state index contributed by atoms with van der Waals surface area (Å²) in [5.74, 6) is 0.464. The van der Waals surface area contributed by atoms with E-state index in [9.17, 15) is 0 Å². The number of nitrogens with zero attached hydrogens (tertiary/aromatic N) is 3. The number of benzene rings is 1. The SMILES string of the molecule is CCOC[C@H](CCCN)n1cnc2c(N)nc3ccccc3c21.Cl.Cl. The number of fused-ring (bicyclic) bond motifs is 3. The van der Waals surface area contributed by atoms with Gasteiger partial charge in [0.2, 0.25) is 0 Å². The van der Waals surface area contributed by atoms with E-state index in [0.29, 0.717) is 25.6 Å². The summed E-state index contributed by atoms with van der Waals surface area (Å²) in [7, 11) is 0. The lowest BCUT2D eigenvalue weighted by molar-refractivity contribution is 0.111. The molecule has 0 aliphatic carbocycles. The second kappa shape index (κ2) is 9.77. The summed E-state index contributed by atoms with van der Waals surface area (Å²) in [6.07, 6.45) is 3.73. The Hall–Kier alpha value is -1.60. The van der Waals surface area contributed by atoms with Crippen LogP contribution in [0.1, 0.15) is 25.8 Å². The van der Waals surface area contributed by atoms with E-state index < -0.39 is 0 Å². The molecule has 3 aromatic rings. The van der Waals surface area contributed by atoms with Crippen LogP contribution in [0.3, 0.4) is 0 Å². The fraction of sp³-hybridized carbons (Fsp3) is 0.412. The van der Waals surface area contributed by atoms with E-state index in [-0.39, 0.29) is 30.9 Å². The second-order valence-corrected chi connectivity index (χ2v) is 5.61. The van der Waals surface area contributed by atoms with Gasteiger partial charge < -0.3 is 20.8 Å². The molecule has 138 valence electrons. The number of halogens is 2. The van der Waals surface area contributed by atoms with Gasteiger partial charge in [-0.2, -0.15) is 0 Å². The van der Waals surface area contributed by atoms with Crippen LogP contribution >= 0.6 is 24.8 Å². The Bertz CT molecular complexity index is 800. The van der Waals surface area contributed by atoms with Crippen molar-refractivity contribution < 1.29 is 4.74 Å². The zero-order valence-corrected chi connectivity index (χ0v) is 15.9. The third-order valence-electron chi connectivity index (χ3n) is 4.09. The van der Waals surface area contributed by atoms with Crippen molar-refractivity contribution in [1.29, 1.82) is 0 Å². The summed E-state index contributed by atoms with van der Waals surface area (Å²) in [6, 6.07) is 8.19. The Kier molecular flexibility index (Phi) is 8.38. The predicted octanol–water partition coefficient (Wildman–Crippen LogP) is 3.33. The Morgan fingerprint density at radius 3 is 2.72 bits per heavy atom. The van der Waals surface area contributed by atoms with Gasteiger partial charge in [-0.25, -0.2) is 9.97 Å². The number of para-hydroxylation sites is 1. The molecule has 0 bridgehead atoms. The summed E-state index contributed by atoms with van der Waals surface area (Å²) >= 11 is 0. The van der Waals surface area contributed by atoms with E-state index in [2.05, 4.69) is 20.6 Å². The lowest BCUT2D eigenvalue weighted by Gasteiger charge is -2.20. The molecule has 3 rings (SSSR count). The van der Waals surface area contributed by atoms with Crippen LogP contribution in [-0.4, -0.2) is 34.3 Å². The van der Waals surface area contributed by atoms with Crippen LogP contribution < -0.4 is 11.5 Å². The lowest BCUT2D eigenvalue weighted by Crippen LogP contribution is -2.16. The van der Waals surface area contributed by atoms with Crippen molar-refractivity contribution in [3.05, 3.63) is 30.6 Å². The summed E-state index contributed by atoms with van der Waals surface area (Å²) in [5.41, 5.74) is 14.4. The van der Waals surface area contributed by atoms with Crippen LogP contribution in [0.5, 0.6) is 0 Å². The van der Waals surface area contributed by atoms with Gasteiger partial charge in [-0.15, -0.1) is 24.8 Å². The van der Waals surface area contributed by atoms with Gasteiger partial charge in [0.05, 0.1) is 30.0 Å². The summed E-state index contributed by atoms with van der Waals surface area (Å²) < 4.78 is 7.84. The number of anilines is 1. The first-order valence-corrected chi connectivity index (χ1v) is 8.04. The summed E-state index contributed by atoms with van der Waals surface area (Å²) in [6.45, 7) is 4.00. The first-order chi connectivity index (χ1) is 11.3. The average molecular weight is 386 g/mol. The fourth-order valence-corrected chi connectivity index (χ4v) is 2.96. The molecule has 0 unspecified atom stereocenters. The zero-order chi connectivity index (χ0) is 16.2. The van der Waals surface area contributed by atoms with E-state index in [0.717, 1.165) is 34.8 Å². The topological polar surface area (TPSA) is 92.0 Å². The zero-order valence-electron chi connectivity index (χ0n) is 14.2. The number of nitrogens with two attached hydrogens (primary N) is 2. The van der Waals surface area contributed by atoms with Crippen LogP contribution in [0.15, 0.2) is 30.6 Å². The van der Waals surface area contributed by atoms with Gasteiger partial charge in [0.15, 0.2) is 5.82 Å². The Morgan fingerprint density at radius 1 is 1.24 bits per heavy atom. The maximum Gasteiger partial charge on any atom is 0.152 e. The lowest BCUT2D eigenvalue weighted by atomic mass is 10.1. The van der Waals surface area contributed by atoms with Crippen LogP contribution in [0.4, 0.5) is 5.82 Å². The van der Waals surface area contributed by atoms with Gasteiger partial charge in [-0.05, 0) is 32.4 Å². The average Bonchev–Trinajstić information content (AvgIpc) is 3.01. The molecule has 0 aliphatic rings. The molecule has 0 spiro atoms. The highest BCUT2D eigenvalue weighted by molar-refractivity contribution is 6.06. The van der Waals surface area contributed by atoms with E-state index >= 15 is 0 Å². The Morgan fingerprint density at radius 2 is 2.00 bits per heavy atom. The molecule has 0 radical (unpaired) electrons. The normalized spacial score (nSPS) is 11.9. The molecular formula is C17H25Cl2N5O. The van der Waals surface area contributed by atoms with Crippen molar-refractivity contribution in [3.63, 3.8) is 0 Å². The maximum absolute atomic E-state index is 6.10. The third-order valence-corrected chi connectivity index (χ3v) is 4.09. The second-order valence-electron chi connectivity index (χ2n) is 5.61. The molecule has 2 heterocycles. The highest BCUT2D eigenvalue weighted by atomic mass is 35.5. The molecule has 1 atom stereocenters. The Labute approximate surface area is 159 Å².